The topological polar surface area (TPSA) is 68.3 Å². The Morgan fingerprint density at radius 3 is 2.61 bits per heavy atom. The molecule has 1 aromatic rings. The van der Waals surface area contributed by atoms with Crippen molar-refractivity contribution >= 4 is 5.95 Å². The first-order valence-corrected chi connectivity index (χ1v) is 6.26. The lowest BCUT2D eigenvalue weighted by Gasteiger charge is -2.16. The van der Waals surface area contributed by atoms with Crippen molar-refractivity contribution in [3.05, 3.63) is 6.07 Å². The molecule has 2 heterocycles. The molecule has 2 rings (SSSR count). The van der Waals surface area contributed by atoms with Gasteiger partial charge >= 0.3 is 0 Å². The van der Waals surface area contributed by atoms with Gasteiger partial charge in [-0.25, -0.2) is 0 Å². The highest BCUT2D eigenvalue weighted by Gasteiger charge is 2.14. The summed E-state index contributed by atoms with van der Waals surface area (Å²) in [5.41, 5.74) is 0. The van der Waals surface area contributed by atoms with Crippen molar-refractivity contribution < 1.29 is 9.47 Å². The number of aromatic nitrogens is 2. The summed E-state index contributed by atoms with van der Waals surface area (Å²) >= 11 is 0. The maximum atomic E-state index is 5.12. The third-order valence-corrected chi connectivity index (χ3v) is 2.98. The molecule has 0 radical (unpaired) electrons. The summed E-state index contributed by atoms with van der Waals surface area (Å²) in [4.78, 5) is 8.54. The minimum Gasteiger partial charge on any atom is -0.481 e. The van der Waals surface area contributed by atoms with Crippen LogP contribution in [-0.2, 0) is 0 Å². The molecular weight excluding hydrogens is 232 g/mol. The average Bonchev–Trinajstić information content (AvgIpc) is 2.67. The molecule has 1 aromatic heterocycles. The molecule has 0 aliphatic carbocycles. The van der Waals surface area contributed by atoms with E-state index < -0.39 is 0 Å². The van der Waals surface area contributed by atoms with Crippen molar-refractivity contribution in [3.63, 3.8) is 0 Å². The molecule has 6 nitrogen and oxygen atoms in total. The van der Waals surface area contributed by atoms with Gasteiger partial charge in [-0.05, 0) is 19.4 Å². The molecule has 18 heavy (non-hydrogen) atoms. The first-order valence-electron chi connectivity index (χ1n) is 6.26. The van der Waals surface area contributed by atoms with E-state index in [1.54, 1.807) is 20.3 Å². The zero-order chi connectivity index (χ0) is 12.8. The Labute approximate surface area is 107 Å². The van der Waals surface area contributed by atoms with E-state index in [9.17, 15) is 0 Å². The molecule has 6 heteroatoms. The third kappa shape index (κ3) is 3.46. The molecule has 0 spiro atoms. The molecule has 1 aliphatic heterocycles. The molecule has 1 unspecified atom stereocenters. The number of nitrogens with zero attached hydrogens (tertiary/aromatic N) is 2. The molecule has 1 atom stereocenters. The molecule has 2 N–H and O–H groups in total. The van der Waals surface area contributed by atoms with Crippen molar-refractivity contribution in [1.82, 2.24) is 15.3 Å². The highest BCUT2D eigenvalue weighted by Crippen LogP contribution is 2.18. The summed E-state index contributed by atoms with van der Waals surface area (Å²) in [5.74, 6) is 1.57. The first-order chi connectivity index (χ1) is 8.81. The van der Waals surface area contributed by atoms with Gasteiger partial charge in [0.05, 0.1) is 20.3 Å². The largest absolute Gasteiger partial charge is 0.481 e. The molecule has 0 saturated carbocycles. The van der Waals surface area contributed by atoms with Crippen molar-refractivity contribution in [2.75, 3.05) is 32.6 Å². The van der Waals surface area contributed by atoms with Crippen LogP contribution in [0.3, 0.4) is 0 Å². The second kappa shape index (κ2) is 6.39. The van der Waals surface area contributed by atoms with Crippen LogP contribution in [0.5, 0.6) is 11.8 Å². The highest BCUT2D eigenvalue weighted by molar-refractivity contribution is 5.34. The van der Waals surface area contributed by atoms with Crippen LogP contribution in [-0.4, -0.2) is 43.3 Å². The Kier molecular flexibility index (Phi) is 4.58. The Balaban J connectivity index is 2.06. The number of ether oxygens (including phenoxy) is 2. The molecule has 100 valence electrons. The second-order valence-electron chi connectivity index (χ2n) is 4.32. The zero-order valence-electron chi connectivity index (χ0n) is 10.9. The van der Waals surface area contributed by atoms with Crippen LogP contribution in [0.25, 0.3) is 0 Å². The Morgan fingerprint density at radius 2 is 1.94 bits per heavy atom. The number of anilines is 1. The lowest BCUT2D eigenvalue weighted by atomic mass is 10.1. The minimum atomic E-state index is 0.351. The summed E-state index contributed by atoms with van der Waals surface area (Å²) in [5, 5.41) is 6.72. The minimum absolute atomic E-state index is 0.351. The standard InChI is InChI=1S/C12H20N4O2/c1-17-10-7-11(18-2)16-12(15-10)14-9-5-3-4-6-13-8-9/h7,9,13H,3-6,8H2,1-2H3,(H,14,15,16). The first kappa shape index (κ1) is 12.9. The van der Waals surface area contributed by atoms with Gasteiger partial charge in [-0.2, -0.15) is 9.97 Å². The monoisotopic (exact) mass is 252 g/mol. The van der Waals surface area contributed by atoms with Gasteiger partial charge in [0, 0.05) is 12.6 Å². The lowest BCUT2D eigenvalue weighted by Crippen LogP contribution is -2.31. The fourth-order valence-electron chi connectivity index (χ4n) is 2.00. The van der Waals surface area contributed by atoms with Gasteiger partial charge in [0.1, 0.15) is 0 Å². The number of nitrogens with one attached hydrogen (secondary N) is 2. The second-order valence-corrected chi connectivity index (χ2v) is 4.32. The van der Waals surface area contributed by atoms with E-state index >= 15 is 0 Å². The molecular formula is C12H20N4O2. The van der Waals surface area contributed by atoms with Crippen LogP contribution in [0.2, 0.25) is 0 Å². The number of hydrogen-bond acceptors (Lipinski definition) is 6. The van der Waals surface area contributed by atoms with Gasteiger partial charge in [-0.1, -0.05) is 6.42 Å². The SMILES string of the molecule is COc1cc(OC)nc(NC2CCCCNC2)n1. The number of rotatable bonds is 4. The summed E-state index contributed by atoms with van der Waals surface area (Å²) < 4.78 is 10.2. The normalized spacial score (nSPS) is 20.0. The Morgan fingerprint density at radius 1 is 1.22 bits per heavy atom. The summed E-state index contributed by atoms with van der Waals surface area (Å²) in [6, 6.07) is 2.01. The van der Waals surface area contributed by atoms with E-state index in [1.165, 1.54) is 12.8 Å². The number of methoxy groups -OCH3 is 2. The van der Waals surface area contributed by atoms with Crippen LogP contribution < -0.4 is 20.1 Å². The quantitative estimate of drug-likeness (QED) is 0.834. The zero-order valence-corrected chi connectivity index (χ0v) is 10.9. The fourth-order valence-corrected chi connectivity index (χ4v) is 2.00. The van der Waals surface area contributed by atoms with Gasteiger partial charge in [0.25, 0.3) is 0 Å². The molecule has 0 bridgehead atoms. The van der Waals surface area contributed by atoms with Crippen LogP contribution in [0.15, 0.2) is 6.07 Å². The molecule has 0 amide bonds. The Hall–Kier alpha value is -1.56. The number of hydrogen-bond donors (Lipinski definition) is 2. The van der Waals surface area contributed by atoms with Crippen molar-refractivity contribution in [2.45, 2.75) is 25.3 Å². The van der Waals surface area contributed by atoms with Crippen LogP contribution in [0.1, 0.15) is 19.3 Å². The average molecular weight is 252 g/mol. The Bertz CT molecular complexity index is 356. The highest BCUT2D eigenvalue weighted by atomic mass is 16.5. The van der Waals surface area contributed by atoms with E-state index in [-0.39, 0.29) is 0 Å². The van der Waals surface area contributed by atoms with Gasteiger partial charge in [0.2, 0.25) is 17.7 Å². The molecule has 1 fully saturated rings. The molecule has 1 aliphatic rings. The van der Waals surface area contributed by atoms with Crippen LogP contribution >= 0.6 is 0 Å². The van der Waals surface area contributed by atoms with Crippen LogP contribution in [0, 0.1) is 0 Å². The molecule has 1 saturated heterocycles. The van der Waals surface area contributed by atoms with E-state index in [0.717, 1.165) is 19.5 Å². The summed E-state index contributed by atoms with van der Waals surface area (Å²) in [6.07, 6.45) is 3.56. The van der Waals surface area contributed by atoms with Gasteiger partial charge in [-0.3, -0.25) is 0 Å². The van der Waals surface area contributed by atoms with Crippen molar-refractivity contribution in [2.24, 2.45) is 0 Å². The predicted molar refractivity (Wildman–Crippen MR) is 69.3 cm³/mol. The van der Waals surface area contributed by atoms with Crippen molar-refractivity contribution in [1.29, 1.82) is 0 Å². The molecule has 0 aromatic carbocycles. The maximum absolute atomic E-state index is 5.12. The van der Waals surface area contributed by atoms with Gasteiger partial charge < -0.3 is 20.1 Å². The van der Waals surface area contributed by atoms with Gasteiger partial charge in [0.15, 0.2) is 0 Å². The van der Waals surface area contributed by atoms with Crippen molar-refractivity contribution in [3.8, 4) is 11.8 Å². The van der Waals surface area contributed by atoms with E-state index in [2.05, 4.69) is 20.6 Å². The fraction of sp³-hybridized carbons (Fsp3) is 0.667. The van der Waals surface area contributed by atoms with E-state index in [0.29, 0.717) is 23.8 Å². The maximum Gasteiger partial charge on any atom is 0.229 e. The summed E-state index contributed by atoms with van der Waals surface area (Å²) in [7, 11) is 3.16. The third-order valence-electron chi connectivity index (χ3n) is 2.98. The van der Waals surface area contributed by atoms with Gasteiger partial charge in [-0.15, -0.1) is 0 Å². The van der Waals surface area contributed by atoms with Crippen LogP contribution in [0.4, 0.5) is 5.95 Å². The summed E-state index contributed by atoms with van der Waals surface area (Å²) in [6.45, 7) is 2.02. The van der Waals surface area contributed by atoms with E-state index in [4.69, 9.17) is 9.47 Å². The smallest absolute Gasteiger partial charge is 0.229 e. The van der Waals surface area contributed by atoms with E-state index in [1.807, 2.05) is 0 Å². The predicted octanol–water partition coefficient (Wildman–Crippen LogP) is 1.05. The lowest BCUT2D eigenvalue weighted by molar-refractivity contribution is 0.372.